The Morgan fingerprint density at radius 1 is 1.08 bits per heavy atom. The number of aromatic nitrogens is 5. The number of morpholine rings is 1. The highest BCUT2D eigenvalue weighted by Gasteiger charge is 2.11. The van der Waals surface area contributed by atoms with E-state index in [0.717, 1.165) is 56.2 Å². The Labute approximate surface area is 139 Å². The van der Waals surface area contributed by atoms with Gasteiger partial charge in [-0.3, -0.25) is 14.6 Å². The first kappa shape index (κ1) is 15.0. The highest BCUT2D eigenvalue weighted by molar-refractivity contribution is 5.74. The molecule has 124 valence electrons. The maximum Gasteiger partial charge on any atom is 0.180 e. The van der Waals surface area contributed by atoms with Crippen molar-refractivity contribution >= 4 is 17.0 Å². The summed E-state index contributed by atoms with van der Waals surface area (Å²) in [5, 5.41) is 4.42. The number of nitrogen functional groups attached to an aromatic ring is 1. The lowest BCUT2D eigenvalue weighted by atomic mass is 10.2. The molecular weight excluding hydrogens is 306 g/mol. The highest BCUT2D eigenvalue weighted by atomic mass is 16.5. The molecule has 0 unspecified atom stereocenters. The monoisotopic (exact) mass is 325 g/mol. The molecule has 0 bridgehead atoms. The van der Waals surface area contributed by atoms with E-state index in [-0.39, 0.29) is 0 Å². The molecule has 4 heterocycles. The van der Waals surface area contributed by atoms with Crippen molar-refractivity contribution in [1.29, 1.82) is 0 Å². The number of pyridine rings is 1. The van der Waals surface area contributed by atoms with Crippen LogP contribution < -0.4 is 5.73 Å². The van der Waals surface area contributed by atoms with Gasteiger partial charge in [0.2, 0.25) is 0 Å². The van der Waals surface area contributed by atoms with Gasteiger partial charge in [0.25, 0.3) is 0 Å². The minimum absolute atomic E-state index is 0.440. The van der Waals surface area contributed by atoms with Crippen LogP contribution in [-0.2, 0) is 11.3 Å². The summed E-state index contributed by atoms with van der Waals surface area (Å²) in [5.74, 6) is 0.440. The summed E-state index contributed by atoms with van der Waals surface area (Å²) in [5.41, 5.74) is 8.67. The third-order valence-electron chi connectivity index (χ3n) is 4.11. The van der Waals surface area contributed by atoms with E-state index < -0.39 is 0 Å². The second-order valence-corrected chi connectivity index (χ2v) is 5.78. The number of anilines is 1. The smallest absolute Gasteiger partial charge is 0.180 e. The molecule has 0 atom stereocenters. The number of hydrogen-bond acceptors (Lipinski definition) is 7. The Bertz CT molecular complexity index is 841. The molecule has 0 radical (unpaired) electrons. The molecule has 1 fully saturated rings. The van der Waals surface area contributed by atoms with Gasteiger partial charge in [-0.2, -0.15) is 5.10 Å². The molecule has 1 aliphatic heterocycles. The van der Waals surface area contributed by atoms with Gasteiger partial charge in [0.15, 0.2) is 5.65 Å². The minimum Gasteiger partial charge on any atom is -0.384 e. The Hall–Kier alpha value is -2.58. The van der Waals surface area contributed by atoms with Crippen molar-refractivity contribution in [3.8, 4) is 11.3 Å². The number of ether oxygens (including phenoxy) is 1. The number of nitrogens with two attached hydrogens (primary N) is 1. The zero-order valence-electron chi connectivity index (χ0n) is 13.3. The fourth-order valence-electron chi connectivity index (χ4n) is 2.74. The van der Waals surface area contributed by atoms with E-state index in [9.17, 15) is 0 Å². The zero-order valence-corrected chi connectivity index (χ0v) is 13.3. The molecule has 4 rings (SSSR count). The number of rotatable bonds is 4. The van der Waals surface area contributed by atoms with Crippen molar-refractivity contribution in [2.75, 3.05) is 38.6 Å². The standard InChI is InChI=1S/C16H19N7O/c17-15-2-1-13-16(21-15)20-14(10-18-13)12-9-19-23(11-12)4-3-22-5-7-24-8-6-22/h1-2,9-11H,3-8H2,(H2,17,20,21). The first-order valence-corrected chi connectivity index (χ1v) is 8.00. The van der Waals surface area contributed by atoms with Crippen molar-refractivity contribution < 1.29 is 4.74 Å². The number of hydrogen-bond donors (Lipinski definition) is 1. The van der Waals surface area contributed by atoms with E-state index in [2.05, 4.69) is 25.0 Å². The average Bonchev–Trinajstić information content (AvgIpc) is 3.09. The van der Waals surface area contributed by atoms with E-state index in [0.29, 0.717) is 11.5 Å². The second kappa shape index (κ2) is 6.50. The quantitative estimate of drug-likeness (QED) is 0.758. The van der Waals surface area contributed by atoms with Crippen LogP contribution >= 0.6 is 0 Å². The molecule has 0 aromatic carbocycles. The van der Waals surface area contributed by atoms with Gasteiger partial charge in [0.1, 0.15) is 11.3 Å². The normalized spacial score (nSPS) is 15.8. The lowest BCUT2D eigenvalue weighted by molar-refractivity contribution is 0.0360. The number of fused-ring (bicyclic) bond motifs is 1. The largest absolute Gasteiger partial charge is 0.384 e. The van der Waals surface area contributed by atoms with Crippen LogP contribution in [0.2, 0.25) is 0 Å². The Balaban J connectivity index is 1.49. The van der Waals surface area contributed by atoms with Gasteiger partial charge in [0.05, 0.1) is 37.8 Å². The second-order valence-electron chi connectivity index (χ2n) is 5.78. The average molecular weight is 325 g/mol. The predicted molar refractivity (Wildman–Crippen MR) is 90.2 cm³/mol. The minimum atomic E-state index is 0.440. The van der Waals surface area contributed by atoms with Crippen LogP contribution in [-0.4, -0.2) is 62.5 Å². The predicted octanol–water partition coefficient (Wildman–Crippen LogP) is 0.803. The van der Waals surface area contributed by atoms with E-state index in [1.165, 1.54) is 0 Å². The first-order valence-electron chi connectivity index (χ1n) is 8.00. The summed E-state index contributed by atoms with van der Waals surface area (Å²) in [6, 6.07) is 3.54. The maximum absolute atomic E-state index is 5.72. The molecular formula is C16H19N7O. The van der Waals surface area contributed by atoms with Gasteiger partial charge in [-0.05, 0) is 12.1 Å². The molecule has 8 nitrogen and oxygen atoms in total. The molecule has 3 aromatic rings. The van der Waals surface area contributed by atoms with Crippen molar-refractivity contribution in [2.24, 2.45) is 0 Å². The van der Waals surface area contributed by atoms with Crippen LogP contribution in [0.5, 0.6) is 0 Å². The number of nitrogens with zero attached hydrogens (tertiary/aromatic N) is 6. The topological polar surface area (TPSA) is 95.0 Å². The van der Waals surface area contributed by atoms with Gasteiger partial charge >= 0.3 is 0 Å². The maximum atomic E-state index is 5.72. The Morgan fingerprint density at radius 2 is 1.96 bits per heavy atom. The van der Waals surface area contributed by atoms with E-state index in [1.54, 1.807) is 12.3 Å². The van der Waals surface area contributed by atoms with Gasteiger partial charge in [-0.25, -0.2) is 9.97 Å². The van der Waals surface area contributed by atoms with Crippen molar-refractivity contribution in [1.82, 2.24) is 29.6 Å². The van der Waals surface area contributed by atoms with Gasteiger partial charge in [-0.1, -0.05) is 0 Å². The van der Waals surface area contributed by atoms with Crippen molar-refractivity contribution in [2.45, 2.75) is 6.54 Å². The molecule has 3 aromatic heterocycles. The molecule has 0 saturated carbocycles. The van der Waals surface area contributed by atoms with Crippen molar-refractivity contribution in [3.63, 3.8) is 0 Å². The lowest BCUT2D eigenvalue weighted by Crippen LogP contribution is -2.38. The Kier molecular flexibility index (Phi) is 4.06. The summed E-state index contributed by atoms with van der Waals surface area (Å²) in [6.45, 7) is 5.40. The van der Waals surface area contributed by atoms with Crippen LogP contribution in [0.25, 0.3) is 22.4 Å². The fourth-order valence-corrected chi connectivity index (χ4v) is 2.74. The molecule has 1 aliphatic rings. The molecule has 24 heavy (non-hydrogen) atoms. The van der Waals surface area contributed by atoms with Crippen LogP contribution in [0.15, 0.2) is 30.7 Å². The molecule has 0 amide bonds. The molecule has 2 N–H and O–H groups in total. The summed E-state index contributed by atoms with van der Waals surface area (Å²) in [6.07, 6.45) is 5.54. The third kappa shape index (κ3) is 3.19. The highest BCUT2D eigenvalue weighted by Crippen LogP contribution is 2.18. The summed E-state index contributed by atoms with van der Waals surface area (Å²) in [7, 11) is 0. The first-order chi connectivity index (χ1) is 11.8. The molecule has 0 aliphatic carbocycles. The summed E-state index contributed by atoms with van der Waals surface area (Å²) >= 11 is 0. The van der Waals surface area contributed by atoms with Gasteiger partial charge in [0, 0.05) is 31.4 Å². The van der Waals surface area contributed by atoms with Crippen LogP contribution in [0.1, 0.15) is 0 Å². The Morgan fingerprint density at radius 3 is 2.83 bits per heavy atom. The van der Waals surface area contributed by atoms with Crippen molar-refractivity contribution in [3.05, 3.63) is 30.7 Å². The van der Waals surface area contributed by atoms with Crippen LogP contribution in [0.3, 0.4) is 0 Å². The molecule has 8 heteroatoms. The lowest BCUT2D eigenvalue weighted by Gasteiger charge is -2.26. The zero-order chi connectivity index (χ0) is 16.4. The SMILES string of the molecule is Nc1ccc2ncc(-c3cnn(CCN4CCOCC4)c3)nc2n1. The molecule has 1 saturated heterocycles. The van der Waals surface area contributed by atoms with Crippen LogP contribution in [0, 0.1) is 0 Å². The summed E-state index contributed by atoms with van der Waals surface area (Å²) in [4.78, 5) is 15.5. The van der Waals surface area contributed by atoms with E-state index >= 15 is 0 Å². The van der Waals surface area contributed by atoms with Gasteiger partial charge < -0.3 is 10.5 Å². The van der Waals surface area contributed by atoms with E-state index in [1.807, 2.05) is 23.1 Å². The molecule has 0 spiro atoms. The van der Waals surface area contributed by atoms with Crippen LogP contribution in [0.4, 0.5) is 5.82 Å². The third-order valence-corrected chi connectivity index (χ3v) is 4.11. The fraction of sp³-hybridized carbons (Fsp3) is 0.375. The van der Waals surface area contributed by atoms with Gasteiger partial charge in [-0.15, -0.1) is 0 Å². The van der Waals surface area contributed by atoms with E-state index in [4.69, 9.17) is 10.5 Å². The summed E-state index contributed by atoms with van der Waals surface area (Å²) < 4.78 is 7.30.